The standard InChI is InChI=1S/C12H12FNO5S/c13-9-3-1-8(2-4-9)11(15)14-12(16)19-10-5-6-20(17,18)7-10/h1-4,10H,5-7H2,(H,14,15,16). The summed E-state index contributed by atoms with van der Waals surface area (Å²) in [7, 11) is -3.16. The number of amides is 2. The Bertz CT molecular complexity index is 626. The first-order chi connectivity index (χ1) is 9.35. The van der Waals surface area contributed by atoms with Crippen molar-refractivity contribution in [1.82, 2.24) is 5.32 Å². The number of sulfone groups is 1. The number of benzene rings is 1. The minimum absolute atomic E-state index is 0.0309. The molecule has 0 saturated carbocycles. The molecular formula is C12H12FNO5S. The van der Waals surface area contributed by atoms with E-state index in [4.69, 9.17) is 4.74 Å². The van der Waals surface area contributed by atoms with Gasteiger partial charge in [0.1, 0.15) is 11.9 Å². The van der Waals surface area contributed by atoms with E-state index in [2.05, 4.69) is 0 Å². The molecule has 6 nitrogen and oxygen atoms in total. The SMILES string of the molecule is O=C(NC(=O)c1ccc(F)cc1)OC1CCS(=O)(=O)C1. The maximum Gasteiger partial charge on any atom is 0.414 e. The molecule has 2 rings (SSSR count). The molecule has 0 aliphatic carbocycles. The van der Waals surface area contributed by atoms with Crippen molar-refractivity contribution in [2.75, 3.05) is 11.5 Å². The third-order valence-electron chi connectivity index (χ3n) is 2.79. The van der Waals surface area contributed by atoms with Crippen molar-refractivity contribution in [3.8, 4) is 0 Å². The summed E-state index contributed by atoms with van der Waals surface area (Å²) in [6.45, 7) is 0. The number of carbonyl (C=O) groups is 2. The predicted molar refractivity (Wildman–Crippen MR) is 67.4 cm³/mol. The lowest BCUT2D eigenvalue weighted by molar-refractivity contribution is 0.0863. The lowest BCUT2D eigenvalue weighted by atomic mass is 10.2. The van der Waals surface area contributed by atoms with Gasteiger partial charge in [-0.2, -0.15) is 0 Å². The van der Waals surface area contributed by atoms with Gasteiger partial charge in [-0.25, -0.2) is 17.6 Å². The summed E-state index contributed by atoms with van der Waals surface area (Å²) in [5.74, 6) is -1.50. The van der Waals surface area contributed by atoms with Gasteiger partial charge in [0.25, 0.3) is 5.91 Å². The molecule has 0 aromatic heterocycles. The minimum atomic E-state index is -3.16. The van der Waals surface area contributed by atoms with E-state index in [1.165, 1.54) is 12.1 Å². The number of nitrogens with one attached hydrogen (secondary N) is 1. The van der Waals surface area contributed by atoms with Gasteiger partial charge in [-0.15, -0.1) is 0 Å². The van der Waals surface area contributed by atoms with E-state index in [-0.39, 0.29) is 23.5 Å². The predicted octanol–water partition coefficient (Wildman–Crippen LogP) is 0.879. The van der Waals surface area contributed by atoms with E-state index in [1.807, 2.05) is 5.32 Å². The molecule has 20 heavy (non-hydrogen) atoms. The highest BCUT2D eigenvalue weighted by Crippen LogP contribution is 2.14. The van der Waals surface area contributed by atoms with Crippen molar-refractivity contribution in [3.05, 3.63) is 35.6 Å². The summed E-state index contributed by atoms with van der Waals surface area (Å²) in [6, 6.07) is 4.61. The molecule has 1 aromatic carbocycles. The molecule has 1 unspecified atom stereocenters. The van der Waals surface area contributed by atoms with Crippen molar-refractivity contribution in [2.45, 2.75) is 12.5 Å². The number of hydrogen-bond acceptors (Lipinski definition) is 5. The molecule has 108 valence electrons. The Morgan fingerprint density at radius 2 is 1.90 bits per heavy atom. The van der Waals surface area contributed by atoms with Crippen molar-refractivity contribution in [1.29, 1.82) is 0 Å². The number of rotatable bonds is 2. The molecule has 1 saturated heterocycles. The van der Waals surface area contributed by atoms with Gasteiger partial charge in [-0.3, -0.25) is 10.1 Å². The van der Waals surface area contributed by atoms with Crippen molar-refractivity contribution < 1.29 is 27.1 Å². The number of hydrogen-bond donors (Lipinski definition) is 1. The third kappa shape index (κ3) is 3.77. The van der Waals surface area contributed by atoms with Crippen LogP contribution in [0.1, 0.15) is 16.8 Å². The first-order valence-electron chi connectivity index (χ1n) is 5.84. The van der Waals surface area contributed by atoms with Gasteiger partial charge >= 0.3 is 6.09 Å². The van der Waals surface area contributed by atoms with Gasteiger partial charge in [-0.05, 0) is 30.7 Å². The van der Waals surface area contributed by atoms with Crippen LogP contribution in [0.3, 0.4) is 0 Å². The van der Waals surface area contributed by atoms with E-state index in [1.54, 1.807) is 0 Å². The first-order valence-corrected chi connectivity index (χ1v) is 7.66. The summed E-state index contributed by atoms with van der Waals surface area (Å²) in [6.07, 6.45) is -1.53. The fourth-order valence-electron chi connectivity index (χ4n) is 1.80. The molecule has 0 radical (unpaired) electrons. The molecule has 1 aromatic rings. The second-order valence-corrected chi connectivity index (χ2v) is 6.62. The van der Waals surface area contributed by atoms with Gasteiger partial charge in [0.05, 0.1) is 11.5 Å². The van der Waals surface area contributed by atoms with E-state index in [9.17, 15) is 22.4 Å². The molecule has 1 atom stereocenters. The highest BCUT2D eigenvalue weighted by molar-refractivity contribution is 7.91. The molecule has 8 heteroatoms. The normalized spacial score (nSPS) is 20.4. The van der Waals surface area contributed by atoms with Crippen LogP contribution >= 0.6 is 0 Å². The van der Waals surface area contributed by atoms with E-state index in [0.717, 1.165) is 12.1 Å². The van der Waals surface area contributed by atoms with Crippen LogP contribution in [0.25, 0.3) is 0 Å². The van der Waals surface area contributed by atoms with Crippen molar-refractivity contribution >= 4 is 21.8 Å². The van der Waals surface area contributed by atoms with Gasteiger partial charge in [-0.1, -0.05) is 0 Å². The fraction of sp³-hybridized carbons (Fsp3) is 0.333. The molecule has 1 fully saturated rings. The average Bonchev–Trinajstić information content (AvgIpc) is 2.69. The summed E-state index contributed by atoms with van der Waals surface area (Å²) in [5, 5.41) is 1.95. The zero-order chi connectivity index (χ0) is 14.8. The molecule has 0 spiro atoms. The molecule has 1 aliphatic rings. The topological polar surface area (TPSA) is 89.5 Å². The molecule has 1 N–H and O–H groups in total. The minimum Gasteiger partial charge on any atom is -0.445 e. The van der Waals surface area contributed by atoms with E-state index in [0.29, 0.717) is 0 Å². The summed E-state index contributed by atoms with van der Waals surface area (Å²) >= 11 is 0. The Balaban J connectivity index is 1.88. The van der Waals surface area contributed by atoms with Crippen LogP contribution < -0.4 is 5.32 Å². The second-order valence-electron chi connectivity index (χ2n) is 4.39. The molecule has 0 bridgehead atoms. The van der Waals surface area contributed by atoms with Gasteiger partial charge < -0.3 is 4.74 Å². The monoisotopic (exact) mass is 301 g/mol. The molecular weight excluding hydrogens is 289 g/mol. The summed E-state index contributed by atoms with van der Waals surface area (Å²) in [4.78, 5) is 23.1. The molecule has 1 aliphatic heterocycles. The molecule has 1 heterocycles. The van der Waals surface area contributed by atoms with Gasteiger partial charge in [0, 0.05) is 5.56 Å². The summed E-state index contributed by atoms with van der Waals surface area (Å²) < 4.78 is 39.9. The Labute approximate surface area is 114 Å². The Kier molecular flexibility index (Phi) is 4.03. The highest BCUT2D eigenvalue weighted by Gasteiger charge is 2.31. The van der Waals surface area contributed by atoms with Crippen LogP contribution in [0.2, 0.25) is 0 Å². The van der Waals surface area contributed by atoms with Crippen LogP contribution in [0, 0.1) is 5.82 Å². The van der Waals surface area contributed by atoms with Crippen LogP contribution in [0.15, 0.2) is 24.3 Å². The number of halogens is 1. The van der Waals surface area contributed by atoms with E-state index >= 15 is 0 Å². The number of ether oxygens (including phenoxy) is 1. The Morgan fingerprint density at radius 3 is 2.45 bits per heavy atom. The van der Waals surface area contributed by atoms with Crippen LogP contribution in [-0.4, -0.2) is 38.0 Å². The van der Waals surface area contributed by atoms with Gasteiger partial charge in [0.15, 0.2) is 9.84 Å². The Morgan fingerprint density at radius 1 is 1.25 bits per heavy atom. The largest absolute Gasteiger partial charge is 0.445 e. The first kappa shape index (κ1) is 14.4. The smallest absolute Gasteiger partial charge is 0.414 e. The average molecular weight is 301 g/mol. The lowest BCUT2D eigenvalue weighted by Crippen LogP contribution is -2.34. The highest BCUT2D eigenvalue weighted by atomic mass is 32.2. The fourth-order valence-corrected chi connectivity index (χ4v) is 3.39. The second kappa shape index (κ2) is 5.58. The van der Waals surface area contributed by atoms with Crippen molar-refractivity contribution in [2.24, 2.45) is 0 Å². The quantitative estimate of drug-likeness (QED) is 0.876. The number of carbonyl (C=O) groups excluding carboxylic acids is 2. The number of imide groups is 1. The summed E-state index contributed by atoms with van der Waals surface area (Å²) in [5.41, 5.74) is 0.0994. The van der Waals surface area contributed by atoms with Crippen LogP contribution in [0.4, 0.5) is 9.18 Å². The maximum atomic E-state index is 12.7. The van der Waals surface area contributed by atoms with Gasteiger partial charge in [0.2, 0.25) is 0 Å². The maximum absolute atomic E-state index is 12.7. The van der Waals surface area contributed by atoms with Crippen molar-refractivity contribution in [3.63, 3.8) is 0 Å². The van der Waals surface area contributed by atoms with Crippen LogP contribution in [-0.2, 0) is 14.6 Å². The molecule has 2 amide bonds. The van der Waals surface area contributed by atoms with Crippen LogP contribution in [0.5, 0.6) is 0 Å². The number of alkyl carbamates (subject to hydrolysis) is 1. The zero-order valence-corrected chi connectivity index (χ0v) is 11.2. The zero-order valence-electron chi connectivity index (χ0n) is 10.3. The van der Waals surface area contributed by atoms with E-state index < -0.39 is 33.8 Å². The third-order valence-corrected chi connectivity index (χ3v) is 4.52. The Hall–Kier alpha value is -1.96. The lowest BCUT2D eigenvalue weighted by Gasteiger charge is -2.10.